The number of hydrogen-bond acceptors (Lipinski definition) is 1. The Labute approximate surface area is 101 Å². The van der Waals surface area contributed by atoms with Gasteiger partial charge in [0.05, 0.1) is 0 Å². The first-order valence-electron chi connectivity index (χ1n) is 5.59. The average Bonchev–Trinajstić information content (AvgIpc) is 2.41. The molecule has 0 aromatic heterocycles. The van der Waals surface area contributed by atoms with Gasteiger partial charge in [-0.05, 0) is 23.8 Å². The largest absolute Gasteiger partial charge is 0.355 e. The molecule has 0 radical (unpaired) electrons. The summed E-state index contributed by atoms with van der Waals surface area (Å²) in [6.45, 7) is 2.88. The van der Waals surface area contributed by atoms with E-state index in [1.807, 2.05) is 18.2 Å². The third-order valence-electron chi connectivity index (χ3n) is 3.36. The third kappa shape index (κ3) is 2.22. The Kier molecular flexibility index (Phi) is 3.20. The summed E-state index contributed by atoms with van der Waals surface area (Å²) in [5.41, 5.74) is 1.25. The van der Waals surface area contributed by atoms with E-state index in [-0.39, 0.29) is 11.3 Å². The molecule has 1 saturated heterocycles. The van der Waals surface area contributed by atoms with Crippen LogP contribution < -0.4 is 5.32 Å². The van der Waals surface area contributed by atoms with Crippen molar-refractivity contribution in [1.29, 1.82) is 0 Å². The summed E-state index contributed by atoms with van der Waals surface area (Å²) >= 11 is 6.09. The molecule has 0 bridgehead atoms. The molecule has 1 aromatic rings. The highest BCUT2D eigenvalue weighted by molar-refractivity contribution is 6.30. The van der Waals surface area contributed by atoms with E-state index < -0.39 is 5.38 Å². The molecule has 1 heterocycles. The summed E-state index contributed by atoms with van der Waals surface area (Å²) in [6.07, 6.45) is 1.64. The van der Waals surface area contributed by atoms with Gasteiger partial charge in [0.25, 0.3) is 0 Å². The molecule has 1 aliphatic heterocycles. The van der Waals surface area contributed by atoms with Crippen LogP contribution in [0.25, 0.3) is 0 Å². The fourth-order valence-electron chi connectivity index (χ4n) is 2.27. The number of rotatable bonds is 1. The van der Waals surface area contributed by atoms with E-state index in [2.05, 4.69) is 24.4 Å². The van der Waals surface area contributed by atoms with E-state index in [1.165, 1.54) is 5.56 Å². The number of carbonyl (C=O) groups is 1. The van der Waals surface area contributed by atoms with Crippen LogP contribution >= 0.6 is 11.6 Å². The number of hydrogen-bond donors (Lipinski definition) is 1. The quantitative estimate of drug-likeness (QED) is 0.747. The lowest BCUT2D eigenvalue weighted by molar-refractivity contribution is -0.120. The SMILES string of the molecule is CC1(c2ccccc2)CCNC(=O)C(Cl)C1. The summed E-state index contributed by atoms with van der Waals surface area (Å²) in [4.78, 5) is 11.5. The van der Waals surface area contributed by atoms with Gasteiger partial charge in [0.2, 0.25) is 5.91 Å². The minimum Gasteiger partial charge on any atom is -0.355 e. The standard InChI is InChI=1S/C13H16ClNO/c1-13(10-5-3-2-4-6-10)7-8-15-12(16)11(14)9-13/h2-6,11H,7-9H2,1H3,(H,15,16). The molecule has 16 heavy (non-hydrogen) atoms. The maximum absolute atomic E-state index is 11.5. The fraction of sp³-hybridized carbons (Fsp3) is 0.462. The Morgan fingerprint density at radius 2 is 2.06 bits per heavy atom. The number of halogens is 1. The molecule has 1 aromatic carbocycles. The summed E-state index contributed by atoms with van der Waals surface area (Å²) in [7, 11) is 0. The molecule has 2 unspecified atom stereocenters. The first-order chi connectivity index (χ1) is 7.62. The Balaban J connectivity index is 2.27. The van der Waals surface area contributed by atoms with Gasteiger partial charge >= 0.3 is 0 Å². The number of nitrogens with one attached hydrogen (secondary N) is 1. The molecule has 0 spiro atoms. The van der Waals surface area contributed by atoms with Gasteiger partial charge in [-0.2, -0.15) is 0 Å². The van der Waals surface area contributed by atoms with Crippen molar-refractivity contribution in [2.75, 3.05) is 6.54 Å². The minimum absolute atomic E-state index is 0.00711. The van der Waals surface area contributed by atoms with Gasteiger partial charge in [-0.15, -0.1) is 11.6 Å². The lowest BCUT2D eigenvalue weighted by atomic mass is 9.76. The Hall–Kier alpha value is -1.02. The van der Waals surface area contributed by atoms with Gasteiger partial charge in [0.1, 0.15) is 5.38 Å². The predicted molar refractivity (Wildman–Crippen MR) is 65.7 cm³/mol. The van der Waals surface area contributed by atoms with E-state index in [0.29, 0.717) is 13.0 Å². The van der Waals surface area contributed by atoms with Gasteiger partial charge in [0, 0.05) is 6.54 Å². The van der Waals surface area contributed by atoms with Crippen LogP contribution in [0.15, 0.2) is 30.3 Å². The van der Waals surface area contributed by atoms with Crippen LogP contribution in [0.5, 0.6) is 0 Å². The van der Waals surface area contributed by atoms with Gasteiger partial charge in [-0.25, -0.2) is 0 Å². The first kappa shape index (κ1) is 11.5. The molecular formula is C13H16ClNO. The van der Waals surface area contributed by atoms with E-state index in [4.69, 9.17) is 11.6 Å². The predicted octanol–water partition coefficient (Wildman–Crippen LogP) is 2.46. The molecule has 2 nitrogen and oxygen atoms in total. The van der Waals surface area contributed by atoms with Crippen LogP contribution in [0.4, 0.5) is 0 Å². The zero-order chi connectivity index (χ0) is 11.6. The second kappa shape index (κ2) is 4.46. The molecule has 0 aliphatic carbocycles. The highest BCUT2D eigenvalue weighted by Crippen LogP contribution is 2.35. The van der Waals surface area contributed by atoms with Gasteiger partial charge in [-0.3, -0.25) is 4.79 Å². The number of benzene rings is 1. The molecule has 1 aliphatic rings. The smallest absolute Gasteiger partial charge is 0.238 e. The molecule has 0 saturated carbocycles. The van der Waals surface area contributed by atoms with Crippen LogP contribution in [0.1, 0.15) is 25.3 Å². The van der Waals surface area contributed by atoms with Crippen LogP contribution in [0, 0.1) is 0 Å². The molecule has 2 rings (SSSR count). The summed E-state index contributed by atoms with van der Waals surface area (Å²) < 4.78 is 0. The molecule has 2 atom stereocenters. The molecule has 1 fully saturated rings. The normalized spacial score (nSPS) is 30.6. The van der Waals surface area contributed by atoms with E-state index >= 15 is 0 Å². The third-order valence-corrected chi connectivity index (χ3v) is 3.71. The summed E-state index contributed by atoms with van der Waals surface area (Å²) in [5.74, 6) is -0.0404. The Morgan fingerprint density at radius 3 is 2.75 bits per heavy atom. The number of carbonyl (C=O) groups excluding carboxylic acids is 1. The Morgan fingerprint density at radius 1 is 1.38 bits per heavy atom. The van der Waals surface area contributed by atoms with Crippen LogP contribution in [-0.2, 0) is 10.2 Å². The highest BCUT2D eigenvalue weighted by Gasteiger charge is 2.34. The maximum atomic E-state index is 11.5. The monoisotopic (exact) mass is 237 g/mol. The molecule has 86 valence electrons. The molecular weight excluding hydrogens is 222 g/mol. The van der Waals surface area contributed by atoms with Crippen LogP contribution in [-0.4, -0.2) is 17.8 Å². The summed E-state index contributed by atoms with van der Waals surface area (Å²) in [6, 6.07) is 10.3. The van der Waals surface area contributed by atoms with Gasteiger partial charge in [-0.1, -0.05) is 37.3 Å². The highest BCUT2D eigenvalue weighted by atomic mass is 35.5. The van der Waals surface area contributed by atoms with Crippen molar-refractivity contribution < 1.29 is 4.79 Å². The Bertz CT molecular complexity index is 379. The van der Waals surface area contributed by atoms with E-state index in [1.54, 1.807) is 0 Å². The maximum Gasteiger partial charge on any atom is 0.238 e. The van der Waals surface area contributed by atoms with Crippen molar-refractivity contribution in [2.24, 2.45) is 0 Å². The van der Waals surface area contributed by atoms with Gasteiger partial charge < -0.3 is 5.32 Å². The lowest BCUT2D eigenvalue weighted by Gasteiger charge is -2.29. The number of amides is 1. The first-order valence-corrected chi connectivity index (χ1v) is 6.03. The van der Waals surface area contributed by atoms with Crippen molar-refractivity contribution >= 4 is 17.5 Å². The number of alkyl halides is 1. The van der Waals surface area contributed by atoms with Crippen molar-refractivity contribution in [3.63, 3.8) is 0 Å². The second-order valence-corrected chi connectivity index (χ2v) is 5.17. The van der Waals surface area contributed by atoms with E-state index in [0.717, 1.165) is 6.42 Å². The molecule has 1 N–H and O–H groups in total. The molecule has 3 heteroatoms. The van der Waals surface area contributed by atoms with Crippen molar-refractivity contribution in [3.8, 4) is 0 Å². The van der Waals surface area contributed by atoms with E-state index in [9.17, 15) is 4.79 Å². The van der Waals surface area contributed by atoms with Crippen molar-refractivity contribution in [1.82, 2.24) is 5.32 Å². The van der Waals surface area contributed by atoms with Crippen LogP contribution in [0.3, 0.4) is 0 Å². The van der Waals surface area contributed by atoms with Crippen molar-refractivity contribution in [3.05, 3.63) is 35.9 Å². The molecule has 1 amide bonds. The zero-order valence-corrected chi connectivity index (χ0v) is 10.1. The average molecular weight is 238 g/mol. The lowest BCUT2D eigenvalue weighted by Crippen LogP contribution is -2.29. The van der Waals surface area contributed by atoms with Crippen LogP contribution in [0.2, 0.25) is 0 Å². The second-order valence-electron chi connectivity index (χ2n) is 4.64. The van der Waals surface area contributed by atoms with Gasteiger partial charge in [0.15, 0.2) is 0 Å². The minimum atomic E-state index is -0.423. The zero-order valence-electron chi connectivity index (χ0n) is 9.37. The topological polar surface area (TPSA) is 29.1 Å². The summed E-state index contributed by atoms with van der Waals surface area (Å²) in [5, 5.41) is 2.42. The van der Waals surface area contributed by atoms with Crippen molar-refractivity contribution in [2.45, 2.75) is 30.6 Å². The fourth-order valence-corrected chi connectivity index (χ4v) is 2.68.